The first-order valence-corrected chi connectivity index (χ1v) is 10.9. The molecule has 6 N–H and O–H groups in total. The SMILES string of the molecule is NC(=O)c1cc(F)c(NC2CCCC[C@@H]2N)nc1Nc1cncc(C2=CCCCC2)c1. The first-order valence-electron chi connectivity index (χ1n) is 10.9. The van der Waals surface area contributed by atoms with Gasteiger partial charge in [0.15, 0.2) is 11.6 Å². The maximum atomic E-state index is 14.7. The Morgan fingerprint density at radius 1 is 1.10 bits per heavy atom. The van der Waals surface area contributed by atoms with E-state index in [0.717, 1.165) is 56.6 Å². The molecule has 0 aromatic carbocycles. The Hall–Kier alpha value is -3.00. The fourth-order valence-corrected chi connectivity index (χ4v) is 4.31. The minimum Gasteiger partial charge on any atom is -0.365 e. The maximum Gasteiger partial charge on any atom is 0.252 e. The molecular formula is C23H29FN6O. The molecule has 2 aliphatic carbocycles. The minimum atomic E-state index is -0.756. The topological polar surface area (TPSA) is 119 Å². The fraction of sp³-hybridized carbons (Fsp3) is 0.435. The second-order valence-electron chi connectivity index (χ2n) is 8.34. The number of allylic oxidation sites excluding steroid dienone is 2. The normalized spacial score (nSPS) is 21.3. The molecule has 1 fully saturated rings. The number of aromatic nitrogens is 2. The molecule has 2 heterocycles. The molecule has 0 radical (unpaired) electrons. The molecule has 8 heteroatoms. The van der Waals surface area contributed by atoms with E-state index >= 15 is 0 Å². The van der Waals surface area contributed by atoms with E-state index in [-0.39, 0.29) is 29.3 Å². The molecule has 31 heavy (non-hydrogen) atoms. The van der Waals surface area contributed by atoms with Crippen molar-refractivity contribution in [2.24, 2.45) is 11.5 Å². The lowest BCUT2D eigenvalue weighted by Crippen LogP contribution is -2.43. The number of rotatable bonds is 6. The van der Waals surface area contributed by atoms with Gasteiger partial charge in [0.05, 0.1) is 17.4 Å². The Balaban J connectivity index is 1.62. The predicted octanol–water partition coefficient (Wildman–Crippen LogP) is 4.10. The van der Waals surface area contributed by atoms with Gasteiger partial charge in [0.2, 0.25) is 0 Å². The zero-order chi connectivity index (χ0) is 21.8. The van der Waals surface area contributed by atoms with Crippen molar-refractivity contribution < 1.29 is 9.18 Å². The number of hydrogen-bond acceptors (Lipinski definition) is 6. The van der Waals surface area contributed by atoms with Gasteiger partial charge in [-0.2, -0.15) is 0 Å². The zero-order valence-electron chi connectivity index (χ0n) is 17.5. The molecule has 7 nitrogen and oxygen atoms in total. The Morgan fingerprint density at radius 3 is 2.68 bits per heavy atom. The average molecular weight is 425 g/mol. The molecule has 2 atom stereocenters. The number of nitrogens with two attached hydrogens (primary N) is 2. The quantitative estimate of drug-likeness (QED) is 0.554. The molecule has 1 saturated carbocycles. The second-order valence-corrected chi connectivity index (χ2v) is 8.34. The molecule has 0 saturated heterocycles. The summed E-state index contributed by atoms with van der Waals surface area (Å²) < 4.78 is 14.7. The minimum absolute atomic E-state index is 0.0155. The smallest absolute Gasteiger partial charge is 0.252 e. The van der Waals surface area contributed by atoms with Crippen LogP contribution in [0, 0.1) is 5.82 Å². The lowest BCUT2D eigenvalue weighted by Gasteiger charge is -2.30. The van der Waals surface area contributed by atoms with Crippen molar-refractivity contribution in [3.63, 3.8) is 0 Å². The number of primary amides is 1. The summed E-state index contributed by atoms with van der Waals surface area (Å²) in [4.78, 5) is 20.6. The van der Waals surface area contributed by atoms with E-state index in [9.17, 15) is 9.18 Å². The molecule has 2 aromatic rings. The van der Waals surface area contributed by atoms with E-state index < -0.39 is 11.7 Å². The third-order valence-electron chi connectivity index (χ3n) is 6.05. The van der Waals surface area contributed by atoms with Gasteiger partial charge in [0, 0.05) is 18.3 Å². The van der Waals surface area contributed by atoms with Gasteiger partial charge in [0.1, 0.15) is 5.82 Å². The van der Waals surface area contributed by atoms with Gasteiger partial charge in [-0.15, -0.1) is 0 Å². The maximum absolute atomic E-state index is 14.7. The zero-order valence-corrected chi connectivity index (χ0v) is 17.5. The number of carbonyl (C=O) groups excluding carboxylic acids is 1. The van der Waals surface area contributed by atoms with E-state index in [1.807, 2.05) is 12.3 Å². The van der Waals surface area contributed by atoms with Crippen LogP contribution in [0.25, 0.3) is 5.57 Å². The second kappa shape index (κ2) is 9.43. The van der Waals surface area contributed by atoms with Crippen LogP contribution in [0.5, 0.6) is 0 Å². The molecule has 0 bridgehead atoms. The highest BCUT2D eigenvalue weighted by molar-refractivity contribution is 5.98. The van der Waals surface area contributed by atoms with Crippen molar-refractivity contribution in [3.8, 4) is 0 Å². The molecule has 1 unspecified atom stereocenters. The van der Waals surface area contributed by atoms with Crippen LogP contribution < -0.4 is 22.1 Å². The van der Waals surface area contributed by atoms with Crippen molar-refractivity contribution >= 4 is 28.8 Å². The largest absolute Gasteiger partial charge is 0.365 e. The van der Waals surface area contributed by atoms with Gasteiger partial charge >= 0.3 is 0 Å². The Labute approximate surface area is 181 Å². The summed E-state index contributed by atoms with van der Waals surface area (Å²) >= 11 is 0. The summed E-state index contributed by atoms with van der Waals surface area (Å²) in [7, 11) is 0. The first kappa shape index (κ1) is 21.2. The van der Waals surface area contributed by atoms with Gasteiger partial charge < -0.3 is 22.1 Å². The van der Waals surface area contributed by atoms with Crippen molar-refractivity contribution in [2.45, 2.75) is 63.5 Å². The molecule has 164 valence electrons. The number of halogens is 1. The van der Waals surface area contributed by atoms with Gasteiger partial charge in [-0.05, 0) is 61.8 Å². The highest BCUT2D eigenvalue weighted by Gasteiger charge is 2.24. The van der Waals surface area contributed by atoms with Crippen LogP contribution in [-0.4, -0.2) is 28.0 Å². The number of carbonyl (C=O) groups is 1. The third kappa shape index (κ3) is 5.02. The van der Waals surface area contributed by atoms with Crippen LogP contribution in [0.3, 0.4) is 0 Å². The molecule has 4 rings (SSSR count). The number of nitrogens with one attached hydrogen (secondary N) is 2. The highest BCUT2D eigenvalue weighted by Crippen LogP contribution is 2.30. The van der Waals surface area contributed by atoms with Gasteiger partial charge in [0.25, 0.3) is 5.91 Å². The van der Waals surface area contributed by atoms with Gasteiger partial charge in [-0.1, -0.05) is 18.9 Å². The van der Waals surface area contributed by atoms with Crippen LogP contribution in [0.2, 0.25) is 0 Å². The molecule has 1 amide bonds. The first-order chi connectivity index (χ1) is 15.0. The highest BCUT2D eigenvalue weighted by atomic mass is 19.1. The number of anilines is 3. The average Bonchev–Trinajstić information content (AvgIpc) is 2.78. The summed E-state index contributed by atoms with van der Waals surface area (Å²) in [6.45, 7) is 0. The summed E-state index contributed by atoms with van der Waals surface area (Å²) in [5, 5.41) is 6.24. The molecule has 2 aromatic heterocycles. The van der Waals surface area contributed by atoms with Crippen molar-refractivity contribution in [2.75, 3.05) is 10.6 Å². The monoisotopic (exact) mass is 424 g/mol. The summed E-state index contributed by atoms with van der Waals surface area (Å²) in [6.07, 6.45) is 14.0. The van der Waals surface area contributed by atoms with Gasteiger partial charge in [-0.3, -0.25) is 9.78 Å². The van der Waals surface area contributed by atoms with Crippen LogP contribution in [0.1, 0.15) is 67.3 Å². The predicted molar refractivity (Wildman–Crippen MR) is 121 cm³/mol. The number of pyridine rings is 2. The van der Waals surface area contributed by atoms with Crippen molar-refractivity contribution in [1.29, 1.82) is 0 Å². The third-order valence-corrected chi connectivity index (χ3v) is 6.05. The van der Waals surface area contributed by atoms with E-state index in [1.54, 1.807) is 6.20 Å². The van der Waals surface area contributed by atoms with Gasteiger partial charge in [-0.25, -0.2) is 9.37 Å². The summed E-state index contributed by atoms with van der Waals surface area (Å²) in [5.41, 5.74) is 14.6. The molecular weight excluding hydrogens is 395 g/mol. The van der Waals surface area contributed by atoms with Crippen LogP contribution in [-0.2, 0) is 0 Å². The van der Waals surface area contributed by atoms with E-state index in [2.05, 4.69) is 26.7 Å². The Kier molecular flexibility index (Phi) is 6.46. The van der Waals surface area contributed by atoms with Crippen molar-refractivity contribution in [3.05, 3.63) is 47.5 Å². The lowest BCUT2D eigenvalue weighted by atomic mass is 9.91. The fourth-order valence-electron chi connectivity index (χ4n) is 4.31. The molecule has 0 spiro atoms. The molecule has 0 aliphatic heterocycles. The van der Waals surface area contributed by atoms with Crippen molar-refractivity contribution in [1.82, 2.24) is 9.97 Å². The number of amides is 1. The van der Waals surface area contributed by atoms with Crippen LogP contribution >= 0.6 is 0 Å². The number of hydrogen-bond donors (Lipinski definition) is 4. The van der Waals surface area contributed by atoms with E-state index in [4.69, 9.17) is 11.5 Å². The van der Waals surface area contributed by atoms with Crippen LogP contribution in [0.15, 0.2) is 30.6 Å². The standard InChI is InChI=1S/C23H29FN6O/c24-18-11-17(21(26)31)22(30-23(18)29-20-9-5-4-8-19(20)25)28-16-10-15(12-27-13-16)14-6-2-1-3-7-14/h6,10-13,19-20H,1-5,7-9,25H2,(H2,26,31)(H2,28,29,30)/t19-,20?/m0/s1. The Morgan fingerprint density at radius 2 is 1.94 bits per heavy atom. The van der Waals surface area contributed by atoms with E-state index in [1.165, 1.54) is 12.0 Å². The van der Waals surface area contributed by atoms with E-state index in [0.29, 0.717) is 5.69 Å². The summed E-state index contributed by atoms with van der Waals surface area (Å²) in [5.74, 6) is -1.13. The summed E-state index contributed by atoms with van der Waals surface area (Å²) in [6, 6.07) is 2.96. The number of nitrogens with zero attached hydrogens (tertiary/aromatic N) is 2. The lowest BCUT2D eigenvalue weighted by molar-refractivity contribution is 0.100. The Bertz CT molecular complexity index is 992. The van der Waals surface area contributed by atoms with Crippen LogP contribution in [0.4, 0.5) is 21.7 Å². The molecule has 2 aliphatic rings.